The second-order valence-electron chi connectivity index (χ2n) is 4.71. The minimum atomic E-state index is -0.402. The molecule has 110 valence electrons. The van der Waals surface area contributed by atoms with Crippen molar-refractivity contribution in [3.63, 3.8) is 0 Å². The van der Waals surface area contributed by atoms with E-state index in [1.807, 2.05) is 6.92 Å². The molecule has 0 aliphatic heterocycles. The van der Waals surface area contributed by atoms with Crippen LogP contribution < -0.4 is 10.6 Å². The number of rotatable bonds is 5. The Hall–Kier alpha value is -2.27. The minimum absolute atomic E-state index is 0.0784. The molecule has 0 saturated carbocycles. The number of benzene rings is 2. The molecule has 1 amide bonds. The van der Waals surface area contributed by atoms with E-state index in [0.29, 0.717) is 5.69 Å². The molecule has 0 fully saturated rings. The molecule has 21 heavy (non-hydrogen) atoms. The summed E-state index contributed by atoms with van der Waals surface area (Å²) in [4.78, 5) is 11.8. The molecule has 2 aromatic carbocycles. The van der Waals surface area contributed by atoms with E-state index in [0.717, 1.165) is 5.56 Å². The Morgan fingerprint density at radius 1 is 1.10 bits per heavy atom. The number of nitrogens with one attached hydrogen (secondary N) is 2. The molecule has 0 unspecified atom stereocenters. The van der Waals surface area contributed by atoms with Crippen molar-refractivity contribution in [3.05, 3.63) is 65.7 Å². The molecular formula is C16H16F2N2O. The van der Waals surface area contributed by atoms with Crippen molar-refractivity contribution in [2.24, 2.45) is 0 Å². The zero-order chi connectivity index (χ0) is 15.2. The maximum Gasteiger partial charge on any atom is 0.238 e. The van der Waals surface area contributed by atoms with Gasteiger partial charge >= 0.3 is 0 Å². The van der Waals surface area contributed by atoms with Gasteiger partial charge in [0, 0.05) is 11.7 Å². The molecule has 0 saturated heterocycles. The average Bonchev–Trinajstić information content (AvgIpc) is 2.45. The van der Waals surface area contributed by atoms with Gasteiger partial charge in [0.25, 0.3) is 0 Å². The molecule has 5 heteroatoms. The van der Waals surface area contributed by atoms with Crippen LogP contribution in [0.2, 0.25) is 0 Å². The average molecular weight is 290 g/mol. The fourth-order valence-electron chi connectivity index (χ4n) is 1.89. The molecule has 3 nitrogen and oxygen atoms in total. The monoisotopic (exact) mass is 290 g/mol. The Morgan fingerprint density at radius 2 is 1.81 bits per heavy atom. The van der Waals surface area contributed by atoms with Crippen LogP contribution >= 0.6 is 0 Å². The quantitative estimate of drug-likeness (QED) is 0.887. The predicted octanol–water partition coefficient (Wildman–Crippen LogP) is 3.25. The smallest absolute Gasteiger partial charge is 0.238 e. The summed E-state index contributed by atoms with van der Waals surface area (Å²) < 4.78 is 25.8. The number of amides is 1. The lowest BCUT2D eigenvalue weighted by molar-refractivity contribution is -0.115. The van der Waals surface area contributed by atoms with Crippen LogP contribution in [0.4, 0.5) is 14.5 Å². The summed E-state index contributed by atoms with van der Waals surface area (Å²) in [5.41, 5.74) is 1.30. The third-order valence-corrected chi connectivity index (χ3v) is 3.05. The summed E-state index contributed by atoms with van der Waals surface area (Å²) in [6.45, 7) is 1.96. The molecule has 0 heterocycles. The normalized spacial score (nSPS) is 12.0. The molecule has 0 bridgehead atoms. The zero-order valence-electron chi connectivity index (χ0n) is 11.6. The molecule has 0 aromatic heterocycles. The predicted molar refractivity (Wildman–Crippen MR) is 77.8 cm³/mol. The SMILES string of the molecule is C[C@@H](NCC(=O)Nc1cccc(F)c1)c1ccc(F)cc1. The van der Waals surface area contributed by atoms with Crippen LogP contribution in [0.1, 0.15) is 18.5 Å². The molecule has 0 radical (unpaired) electrons. The van der Waals surface area contributed by atoms with Crippen molar-refractivity contribution in [1.82, 2.24) is 5.32 Å². The summed E-state index contributed by atoms with van der Waals surface area (Å²) >= 11 is 0. The van der Waals surface area contributed by atoms with Crippen molar-refractivity contribution in [2.45, 2.75) is 13.0 Å². The molecule has 0 spiro atoms. The summed E-state index contributed by atoms with van der Waals surface area (Å²) in [6, 6.07) is 11.7. The van der Waals surface area contributed by atoms with Gasteiger partial charge in [-0.05, 0) is 42.8 Å². The summed E-state index contributed by atoms with van der Waals surface area (Å²) in [6.07, 6.45) is 0. The number of hydrogen-bond donors (Lipinski definition) is 2. The van der Waals surface area contributed by atoms with E-state index in [4.69, 9.17) is 0 Å². The first kappa shape index (κ1) is 15.1. The summed E-state index contributed by atoms with van der Waals surface area (Å²) in [7, 11) is 0. The first-order valence-corrected chi connectivity index (χ1v) is 6.59. The van der Waals surface area contributed by atoms with Gasteiger partial charge in [-0.2, -0.15) is 0 Å². The van der Waals surface area contributed by atoms with E-state index < -0.39 is 5.82 Å². The lowest BCUT2D eigenvalue weighted by Gasteiger charge is -2.14. The Morgan fingerprint density at radius 3 is 2.48 bits per heavy atom. The molecule has 1 atom stereocenters. The van der Waals surface area contributed by atoms with Gasteiger partial charge < -0.3 is 10.6 Å². The van der Waals surface area contributed by atoms with Crippen LogP contribution in [0.3, 0.4) is 0 Å². The molecule has 2 rings (SSSR count). The van der Waals surface area contributed by atoms with Crippen LogP contribution in [0.15, 0.2) is 48.5 Å². The highest BCUT2D eigenvalue weighted by molar-refractivity contribution is 5.92. The molecule has 0 aliphatic rings. The zero-order valence-corrected chi connectivity index (χ0v) is 11.6. The Labute approximate surface area is 122 Å². The van der Waals surface area contributed by atoms with Crippen LogP contribution in [-0.2, 0) is 4.79 Å². The number of hydrogen-bond acceptors (Lipinski definition) is 2. The van der Waals surface area contributed by atoms with Gasteiger partial charge in [-0.15, -0.1) is 0 Å². The standard InChI is InChI=1S/C16H16F2N2O/c1-11(12-5-7-13(17)8-6-12)19-10-16(21)20-15-4-2-3-14(18)9-15/h2-9,11,19H,10H2,1H3,(H,20,21)/t11-/m1/s1. The van der Waals surface area contributed by atoms with Crippen molar-refractivity contribution < 1.29 is 13.6 Å². The number of carbonyl (C=O) groups excluding carboxylic acids is 1. The van der Waals surface area contributed by atoms with E-state index in [9.17, 15) is 13.6 Å². The third-order valence-electron chi connectivity index (χ3n) is 3.05. The van der Waals surface area contributed by atoms with Gasteiger partial charge in [-0.3, -0.25) is 4.79 Å². The third kappa shape index (κ3) is 4.65. The number of halogens is 2. The van der Waals surface area contributed by atoms with Gasteiger partial charge in [0.15, 0.2) is 0 Å². The van der Waals surface area contributed by atoms with Crippen molar-refractivity contribution in [2.75, 3.05) is 11.9 Å². The Kier molecular flexibility index (Phi) is 5.00. The van der Waals surface area contributed by atoms with E-state index in [-0.39, 0.29) is 24.3 Å². The van der Waals surface area contributed by atoms with Gasteiger partial charge in [0.2, 0.25) is 5.91 Å². The van der Waals surface area contributed by atoms with Gasteiger partial charge in [-0.25, -0.2) is 8.78 Å². The van der Waals surface area contributed by atoms with Crippen molar-refractivity contribution in [1.29, 1.82) is 0 Å². The van der Waals surface area contributed by atoms with Crippen LogP contribution in [-0.4, -0.2) is 12.5 Å². The molecular weight excluding hydrogens is 274 g/mol. The van der Waals surface area contributed by atoms with E-state index >= 15 is 0 Å². The molecule has 2 aromatic rings. The second kappa shape index (κ2) is 6.95. The largest absolute Gasteiger partial charge is 0.325 e. The van der Waals surface area contributed by atoms with Gasteiger partial charge in [-0.1, -0.05) is 18.2 Å². The number of carbonyl (C=O) groups is 1. The Bertz CT molecular complexity index is 614. The van der Waals surface area contributed by atoms with Gasteiger partial charge in [0.05, 0.1) is 6.54 Å². The highest BCUT2D eigenvalue weighted by atomic mass is 19.1. The molecule has 0 aliphatic carbocycles. The lowest BCUT2D eigenvalue weighted by atomic mass is 10.1. The summed E-state index contributed by atoms with van der Waals surface area (Å²) in [5.74, 6) is -0.968. The Balaban J connectivity index is 1.84. The first-order chi connectivity index (χ1) is 10.0. The van der Waals surface area contributed by atoms with Crippen LogP contribution in [0, 0.1) is 11.6 Å². The topological polar surface area (TPSA) is 41.1 Å². The minimum Gasteiger partial charge on any atom is -0.325 e. The molecule has 2 N–H and O–H groups in total. The fourth-order valence-corrected chi connectivity index (χ4v) is 1.89. The highest BCUT2D eigenvalue weighted by Crippen LogP contribution is 2.13. The maximum atomic E-state index is 13.0. The number of anilines is 1. The first-order valence-electron chi connectivity index (χ1n) is 6.59. The van der Waals surface area contributed by atoms with Crippen molar-refractivity contribution >= 4 is 11.6 Å². The maximum absolute atomic E-state index is 13.0. The lowest BCUT2D eigenvalue weighted by Crippen LogP contribution is -2.30. The highest BCUT2D eigenvalue weighted by Gasteiger charge is 2.08. The van der Waals surface area contributed by atoms with Crippen LogP contribution in [0.5, 0.6) is 0 Å². The van der Waals surface area contributed by atoms with E-state index in [1.54, 1.807) is 18.2 Å². The summed E-state index contributed by atoms with van der Waals surface area (Å²) in [5, 5.41) is 5.62. The van der Waals surface area contributed by atoms with E-state index in [2.05, 4.69) is 10.6 Å². The van der Waals surface area contributed by atoms with E-state index in [1.165, 1.54) is 30.3 Å². The second-order valence-corrected chi connectivity index (χ2v) is 4.71. The van der Waals surface area contributed by atoms with Crippen LogP contribution in [0.25, 0.3) is 0 Å². The fraction of sp³-hybridized carbons (Fsp3) is 0.188. The van der Waals surface area contributed by atoms with Gasteiger partial charge in [0.1, 0.15) is 11.6 Å². The van der Waals surface area contributed by atoms with Crippen molar-refractivity contribution in [3.8, 4) is 0 Å².